The topological polar surface area (TPSA) is 66.4 Å². The number of hydrogen-bond donors (Lipinski definition) is 2. The Balaban J connectivity index is 1.99. The molecular weight excluding hydrogens is 362 g/mol. The first-order valence-corrected chi connectivity index (χ1v) is 9.98. The highest BCUT2D eigenvalue weighted by molar-refractivity contribution is 6.06. The van der Waals surface area contributed by atoms with Crippen LogP contribution in [-0.4, -0.2) is 17.0 Å². The summed E-state index contributed by atoms with van der Waals surface area (Å²) in [5, 5.41) is 11.9. The van der Waals surface area contributed by atoms with E-state index in [9.17, 15) is 9.59 Å². The average molecular weight is 392 g/mol. The second kappa shape index (κ2) is 7.51. The Kier molecular flexibility index (Phi) is 5.40. The fourth-order valence-electron chi connectivity index (χ4n) is 4.07. The second-order valence-corrected chi connectivity index (χ2v) is 9.19. The van der Waals surface area contributed by atoms with E-state index in [4.69, 9.17) is 5.11 Å². The van der Waals surface area contributed by atoms with E-state index in [0.29, 0.717) is 16.8 Å². The van der Waals surface area contributed by atoms with Crippen molar-refractivity contribution in [2.24, 2.45) is 0 Å². The van der Waals surface area contributed by atoms with Gasteiger partial charge in [0, 0.05) is 17.3 Å². The number of carbonyl (C=O) groups excluding carboxylic acids is 1. The van der Waals surface area contributed by atoms with Crippen molar-refractivity contribution in [2.75, 3.05) is 5.32 Å². The number of rotatable bonds is 4. The Bertz CT molecular complexity index is 999. The normalized spacial score (nSPS) is 17.0. The van der Waals surface area contributed by atoms with E-state index in [-0.39, 0.29) is 16.7 Å². The number of aliphatic carboxylic acids is 1. The molecule has 4 nitrogen and oxygen atoms in total. The molecule has 0 atom stereocenters. The number of benzene rings is 2. The van der Waals surface area contributed by atoms with Gasteiger partial charge in [0.25, 0.3) is 5.91 Å². The van der Waals surface area contributed by atoms with Crippen molar-refractivity contribution in [3.63, 3.8) is 0 Å². The van der Waals surface area contributed by atoms with Gasteiger partial charge in [-0.1, -0.05) is 52.0 Å². The van der Waals surface area contributed by atoms with E-state index in [0.717, 1.165) is 24.5 Å². The molecule has 1 amide bonds. The quantitative estimate of drug-likeness (QED) is 0.658. The lowest BCUT2D eigenvalue weighted by Crippen LogP contribution is -2.34. The fraction of sp³-hybridized carbons (Fsp3) is 0.360. The molecule has 0 aliphatic heterocycles. The number of amides is 1. The highest BCUT2D eigenvalue weighted by Crippen LogP contribution is 2.46. The molecule has 0 fully saturated rings. The lowest BCUT2D eigenvalue weighted by atomic mass is 9.62. The van der Waals surface area contributed by atoms with Gasteiger partial charge >= 0.3 is 5.97 Å². The third-order valence-corrected chi connectivity index (χ3v) is 6.06. The summed E-state index contributed by atoms with van der Waals surface area (Å²) in [4.78, 5) is 24.0. The van der Waals surface area contributed by atoms with Crippen LogP contribution >= 0.6 is 0 Å². The predicted octanol–water partition coefficient (Wildman–Crippen LogP) is 5.69. The summed E-state index contributed by atoms with van der Waals surface area (Å²) in [5.41, 5.74) is 5.54. The van der Waals surface area contributed by atoms with Crippen LogP contribution < -0.4 is 5.32 Å². The molecule has 0 bridgehead atoms. The number of fused-ring (bicyclic) bond motifs is 1. The minimum absolute atomic E-state index is 0.0235. The fourth-order valence-corrected chi connectivity index (χ4v) is 4.07. The largest absolute Gasteiger partial charge is 0.478 e. The van der Waals surface area contributed by atoms with Crippen LogP contribution in [0, 0.1) is 6.92 Å². The smallest absolute Gasteiger partial charge is 0.328 e. The summed E-state index contributed by atoms with van der Waals surface area (Å²) in [6.07, 6.45) is 4.77. The van der Waals surface area contributed by atoms with E-state index in [2.05, 4.69) is 45.1 Å². The summed E-state index contributed by atoms with van der Waals surface area (Å²) in [5.74, 6) is -1.21. The Morgan fingerprint density at radius 2 is 1.59 bits per heavy atom. The van der Waals surface area contributed by atoms with Gasteiger partial charge in [0.2, 0.25) is 0 Å². The van der Waals surface area contributed by atoms with Gasteiger partial charge in [0.1, 0.15) is 0 Å². The molecule has 2 N–H and O–H groups in total. The summed E-state index contributed by atoms with van der Waals surface area (Å²) in [7, 11) is 0. The first-order chi connectivity index (χ1) is 13.5. The molecule has 0 saturated heterocycles. The lowest BCUT2D eigenvalue weighted by molar-refractivity contribution is -0.131. The minimum Gasteiger partial charge on any atom is -0.478 e. The van der Waals surface area contributed by atoms with E-state index in [1.807, 2.05) is 19.1 Å². The molecule has 3 rings (SSSR count). The van der Waals surface area contributed by atoms with Crippen LogP contribution in [0.15, 0.2) is 42.5 Å². The van der Waals surface area contributed by atoms with E-state index in [1.54, 1.807) is 12.1 Å². The van der Waals surface area contributed by atoms with Crippen molar-refractivity contribution in [1.29, 1.82) is 0 Å². The number of carboxylic acids is 1. The number of carboxylic acid groups (broad SMARTS) is 1. The van der Waals surface area contributed by atoms with Crippen LogP contribution in [0.4, 0.5) is 5.69 Å². The predicted molar refractivity (Wildman–Crippen MR) is 118 cm³/mol. The molecule has 2 aromatic carbocycles. The van der Waals surface area contributed by atoms with Crippen molar-refractivity contribution in [2.45, 2.75) is 58.3 Å². The number of para-hydroxylation sites is 1. The Hall–Kier alpha value is -2.88. The molecule has 4 heteroatoms. The van der Waals surface area contributed by atoms with Crippen LogP contribution in [-0.2, 0) is 15.6 Å². The molecule has 152 valence electrons. The molecule has 0 saturated carbocycles. The van der Waals surface area contributed by atoms with Gasteiger partial charge in [-0.05, 0) is 71.1 Å². The van der Waals surface area contributed by atoms with Crippen molar-refractivity contribution in [3.8, 4) is 0 Å². The number of anilines is 1. The monoisotopic (exact) mass is 391 g/mol. The molecule has 0 radical (unpaired) electrons. The maximum absolute atomic E-state index is 13.1. The molecule has 0 heterocycles. The van der Waals surface area contributed by atoms with Crippen LogP contribution in [0.2, 0.25) is 0 Å². The van der Waals surface area contributed by atoms with Crippen molar-refractivity contribution >= 4 is 23.6 Å². The number of hydrogen-bond acceptors (Lipinski definition) is 2. The van der Waals surface area contributed by atoms with Gasteiger partial charge in [-0.3, -0.25) is 4.79 Å². The van der Waals surface area contributed by atoms with Gasteiger partial charge in [0.15, 0.2) is 0 Å². The maximum atomic E-state index is 13.1. The average Bonchev–Trinajstić information content (AvgIpc) is 2.64. The number of carbonyl (C=O) groups is 2. The number of aryl methyl sites for hydroxylation is 1. The van der Waals surface area contributed by atoms with Crippen molar-refractivity contribution < 1.29 is 14.7 Å². The SMILES string of the molecule is Cc1cc2c(cc1C(=O)Nc1ccccc1C=CC(=O)O)C(C)(C)CCC2(C)C. The van der Waals surface area contributed by atoms with Crippen molar-refractivity contribution in [1.82, 2.24) is 0 Å². The molecular formula is C25H29NO3. The Morgan fingerprint density at radius 3 is 2.21 bits per heavy atom. The van der Waals surface area contributed by atoms with Crippen molar-refractivity contribution in [3.05, 3.63) is 70.3 Å². The summed E-state index contributed by atoms with van der Waals surface area (Å²) < 4.78 is 0. The molecule has 29 heavy (non-hydrogen) atoms. The third-order valence-electron chi connectivity index (χ3n) is 6.06. The van der Waals surface area contributed by atoms with Crippen LogP contribution in [0.25, 0.3) is 6.08 Å². The van der Waals surface area contributed by atoms with Gasteiger partial charge < -0.3 is 10.4 Å². The third kappa shape index (κ3) is 4.26. The van der Waals surface area contributed by atoms with E-state index in [1.165, 1.54) is 17.2 Å². The van der Waals surface area contributed by atoms with Crippen LogP contribution in [0.5, 0.6) is 0 Å². The molecule has 1 aliphatic rings. The lowest BCUT2D eigenvalue weighted by Gasteiger charge is -2.42. The van der Waals surface area contributed by atoms with E-state index < -0.39 is 5.97 Å². The van der Waals surface area contributed by atoms with E-state index >= 15 is 0 Å². The Labute approximate surface area is 172 Å². The highest BCUT2D eigenvalue weighted by Gasteiger charge is 2.37. The molecule has 0 aromatic heterocycles. The highest BCUT2D eigenvalue weighted by atomic mass is 16.4. The first-order valence-electron chi connectivity index (χ1n) is 9.98. The second-order valence-electron chi connectivity index (χ2n) is 9.19. The molecule has 0 unspecified atom stereocenters. The van der Waals surface area contributed by atoms with Crippen LogP contribution in [0.3, 0.4) is 0 Å². The zero-order valence-electron chi connectivity index (χ0n) is 17.8. The molecule has 2 aromatic rings. The maximum Gasteiger partial charge on any atom is 0.328 e. The Morgan fingerprint density at radius 1 is 1.00 bits per heavy atom. The minimum atomic E-state index is -1.03. The van der Waals surface area contributed by atoms with Gasteiger partial charge in [-0.2, -0.15) is 0 Å². The summed E-state index contributed by atoms with van der Waals surface area (Å²) in [6.45, 7) is 11.0. The standard InChI is InChI=1S/C25H29NO3/c1-16-14-19-20(25(4,5)13-12-24(19,2)3)15-18(16)23(29)26-21-9-7-6-8-17(21)10-11-22(27)28/h6-11,14-15H,12-13H2,1-5H3,(H,26,29)(H,27,28). The number of nitrogens with one attached hydrogen (secondary N) is 1. The summed E-state index contributed by atoms with van der Waals surface area (Å²) >= 11 is 0. The molecule has 1 aliphatic carbocycles. The first kappa shape index (κ1) is 20.8. The zero-order chi connectivity index (χ0) is 21.4. The summed E-state index contributed by atoms with van der Waals surface area (Å²) in [6, 6.07) is 11.4. The van der Waals surface area contributed by atoms with Crippen LogP contribution in [0.1, 0.15) is 73.1 Å². The zero-order valence-corrected chi connectivity index (χ0v) is 17.8. The van der Waals surface area contributed by atoms with Gasteiger partial charge in [0.05, 0.1) is 0 Å². The van der Waals surface area contributed by atoms with Gasteiger partial charge in [-0.15, -0.1) is 0 Å². The molecule has 0 spiro atoms. The van der Waals surface area contributed by atoms with Gasteiger partial charge in [-0.25, -0.2) is 4.79 Å².